The molecule has 2 N–H and O–H groups in total. The molecule has 0 bridgehead atoms. The number of alkyl carbamates (subject to hydrolysis) is 1. The third-order valence-corrected chi connectivity index (χ3v) is 6.38. The Morgan fingerprint density at radius 2 is 1.52 bits per heavy atom. The van der Waals surface area contributed by atoms with Crippen molar-refractivity contribution in [2.24, 2.45) is 5.92 Å². The maximum absolute atomic E-state index is 12.3. The first-order valence-corrected chi connectivity index (χ1v) is 10.9. The molecule has 158 valence electrons. The van der Waals surface area contributed by atoms with Gasteiger partial charge >= 0.3 is 12.1 Å². The number of carboxylic acid groups (broad SMARTS) is 1. The molecule has 6 heteroatoms. The summed E-state index contributed by atoms with van der Waals surface area (Å²) in [7, 11) is 0. The van der Waals surface area contributed by atoms with Crippen LogP contribution in [0.25, 0.3) is 11.1 Å². The van der Waals surface area contributed by atoms with Crippen molar-refractivity contribution in [3.05, 3.63) is 94.0 Å². The van der Waals surface area contributed by atoms with Crippen LogP contribution in [-0.2, 0) is 16.0 Å². The highest BCUT2D eigenvalue weighted by Gasteiger charge is 2.29. The van der Waals surface area contributed by atoms with Gasteiger partial charge in [-0.15, -0.1) is 0 Å². The molecule has 0 fully saturated rings. The van der Waals surface area contributed by atoms with Gasteiger partial charge in [-0.25, -0.2) is 4.79 Å². The predicted octanol–water partition coefficient (Wildman–Crippen LogP) is 5.23. The fourth-order valence-electron chi connectivity index (χ4n) is 4.03. The molecule has 0 aliphatic heterocycles. The van der Waals surface area contributed by atoms with Gasteiger partial charge in [0.25, 0.3) is 0 Å². The molecule has 0 unspecified atom stereocenters. The van der Waals surface area contributed by atoms with Gasteiger partial charge in [-0.1, -0.05) is 82.7 Å². The van der Waals surface area contributed by atoms with Crippen LogP contribution in [0.3, 0.4) is 0 Å². The van der Waals surface area contributed by atoms with Gasteiger partial charge in [-0.3, -0.25) is 4.79 Å². The van der Waals surface area contributed by atoms with Crippen molar-refractivity contribution in [1.29, 1.82) is 0 Å². The number of carbonyl (C=O) groups excluding carboxylic acids is 1. The first kappa shape index (κ1) is 21.1. The number of hydrogen-bond acceptors (Lipinski definition) is 3. The van der Waals surface area contributed by atoms with Crippen molar-refractivity contribution >= 4 is 28.0 Å². The Bertz CT molecular complexity index is 1070. The van der Waals surface area contributed by atoms with Crippen LogP contribution in [0.4, 0.5) is 4.79 Å². The van der Waals surface area contributed by atoms with Crippen LogP contribution in [0, 0.1) is 5.92 Å². The summed E-state index contributed by atoms with van der Waals surface area (Å²) < 4.78 is 6.34. The highest BCUT2D eigenvalue weighted by Crippen LogP contribution is 2.44. The Kier molecular flexibility index (Phi) is 6.37. The monoisotopic (exact) mass is 479 g/mol. The van der Waals surface area contributed by atoms with Gasteiger partial charge in [-0.05, 0) is 40.3 Å². The Labute approximate surface area is 189 Å². The smallest absolute Gasteiger partial charge is 0.407 e. The average Bonchev–Trinajstić information content (AvgIpc) is 3.10. The van der Waals surface area contributed by atoms with Gasteiger partial charge in [0.1, 0.15) is 6.61 Å². The van der Waals surface area contributed by atoms with E-state index >= 15 is 0 Å². The van der Waals surface area contributed by atoms with Crippen LogP contribution in [0.1, 0.15) is 22.6 Å². The summed E-state index contributed by atoms with van der Waals surface area (Å²) >= 11 is 3.44. The Morgan fingerprint density at radius 3 is 2.13 bits per heavy atom. The highest BCUT2D eigenvalue weighted by atomic mass is 79.9. The number of halogens is 1. The maximum Gasteiger partial charge on any atom is 0.407 e. The molecule has 4 rings (SSSR count). The fourth-order valence-corrected chi connectivity index (χ4v) is 4.48. The SMILES string of the molecule is O=C(NC[C@H](Cc1ccccc1Br)C(=O)O)OCC1c2ccccc2-c2ccccc21. The lowest BCUT2D eigenvalue weighted by Crippen LogP contribution is -2.35. The molecular formula is C25H22BrNO4. The lowest BCUT2D eigenvalue weighted by Gasteiger charge is -2.17. The predicted molar refractivity (Wildman–Crippen MR) is 122 cm³/mol. The summed E-state index contributed by atoms with van der Waals surface area (Å²) in [5, 5.41) is 12.2. The summed E-state index contributed by atoms with van der Waals surface area (Å²) in [5.41, 5.74) is 5.46. The molecule has 3 aromatic carbocycles. The molecule has 0 heterocycles. The summed E-state index contributed by atoms with van der Waals surface area (Å²) in [4.78, 5) is 24.0. The Morgan fingerprint density at radius 1 is 0.935 bits per heavy atom. The lowest BCUT2D eigenvalue weighted by molar-refractivity contribution is -0.141. The van der Waals surface area contributed by atoms with Crippen molar-refractivity contribution < 1.29 is 19.4 Å². The van der Waals surface area contributed by atoms with E-state index < -0.39 is 18.0 Å². The second-order valence-electron chi connectivity index (χ2n) is 7.54. The third-order valence-electron chi connectivity index (χ3n) is 5.61. The first-order chi connectivity index (χ1) is 15.0. The molecule has 31 heavy (non-hydrogen) atoms. The second kappa shape index (κ2) is 9.35. The fraction of sp³-hybridized carbons (Fsp3) is 0.200. The zero-order valence-electron chi connectivity index (χ0n) is 16.8. The normalized spacial score (nSPS) is 13.2. The van der Waals surface area contributed by atoms with Gasteiger partial charge in [0, 0.05) is 16.9 Å². The number of ether oxygens (including phenoxy) is 1. The minimum absolute atomic E-state index is 0.00661. The highest BCUT2D eigenvalue weighted by molar-refractivity contribution is 9.10. The molecule has 0 radical (unpaired) electrons. The van der Waals surface area contributed by atoms with Crippen LogP contribution in [0.15, 0.2) is 77.3 Å². The summed E-state index contributed by atoms with van der Waals surface area (Å²) in [6.45, 7) is 0.190. The molecule has 1 aliphatic rings. The van der Waals surface area contributed by atoms with E-state index in [4.69, 9.17) is 4.74 Å². The average molecular weight is 480 g/mol. The van der Waals surface area contributed by atoms with Gasteiger partial charge < -0.3 is 15.2 Å². The molecule has 5 nitrogen and oxygen atoms in total. The van der Waals surface area contributed by atoms with Crippen molar-refractivity contribution in [2.75, 3.05) is 13.2 Å². The summed E-state index contributed by atoms with van der Waals surface area (Å²) in [6.07, 6.45) is -0.305. The van der Waals surface area contributed by atoms with Crippen molar-refractivity contribution in [3.8, 4) is 11.1 Å². The molecule has 1 atom stereocenters. The van der Waals surface area contributed by atoms with Crippen LogP contribution in [-0.4, -0.2) is 30.3 Å². The minimum atomic E-state index is -0.963. The maximum atomic E-state index is 12.3. The molecule has 0 spiro atoms. The second-order valence-corrected chi connectivity index (χ2v) is 8.39. The van der Waals surface area contributed by atoms with Crippen LogP contribution in [0.5, 0.6) is 0 Å². The van der Waals surface area contributed by atoms with Gasteiger partial charge in [-0.2, -0.15) is 0 Å². The number of hydrogen-bond donors (Lipinski definition) is 2. The number of aliphatic carboxylic acids is 1. The largest absolute Gasteiger partial charge is 0.481 e. The van der Waals surface area contributed by atoms with Crippen LogP contribution < -0.4 is 5.32 Å². The molecular weight excluding hydrogens is 458 g/mol. The Balaban J connectivity index is 1.37. The number of carboxylic acids is 1. The lowest BCUT2D eigenvalue weighted by atomic mass is 9.98. The number of benzene rings is 3. The van der Waals surface area contributed by atoms with Crippen LogP contribution in [0.2, 0.25) is 0 Å². The molecule has 1 aliphatic carbocycles. The Hall–Kier alpha value is -3.12. The molecule has 0 aromatic heterocycles. The number of amides is 1. The van der Waals surface area contributed by atoms with Crippen LogP contribution >= 0.6 is 15.9 Å². The van der Waals surface area contributed by atoms with E-state index in [1.807, 2.05) is 48.5 Å². The standard InChI is InChI=1S/C25H22BrNO4/c26-23-12-6-1-7-16(23)13-17(24(28)29)14-27-25(30)31-15-22-20-10-4-2-8-18(20)19-9-3-5-11-21(19)22/h1-12,17,22H,13-15H2,(H,27,30)(H,28,29)/t17-/m0/s1. The van der Waals surface area contributed by atoms with E-state index in [0.29, 0.717) is 6.42 Å². The molecule has 0 saturated heterocycles. The first-order valence-electron chi connectivity index (χ1n) is 10.1. The number of rotatable bonds is 7. The number of carbonyl (C=O) groups is 2. The van der Waals surface area contributed by atoms with E-state index in [1.54, 1.807) is 0 Å². The summed E-state index contributed by atoms with van der Waals surface area (Å²) in [5.74, 6) is -1.75. The van der Waals surface area contributed by atoms with Crippen molar-refractivity contribution in [3.63, 3.8) is 0 Å². The van der Waals surface area contributed by atoms with Gasteiger partial charge in [0.05, 0.1) is 5.92 Å². The number of nitrogens with one attached hydrogen (secondary N) is 1. The quantitative estimate of drug-likeness (QED) is 0.486. The van der Waals surface area contributed by atoms with Crippen molar-refractivity contribution in [1.82, 2.24) is 5.32 Å². The van der Waals surface area contributed by atoms with E-state index in [-0.39, 0.29) is 19.1 Å². The molecule has 3 aromatic rings. The summed E-state index contributed by atoms with van der Waals surface area (Å²) in [6, 6.07) is 23.7. The van der Waals surface area contributed by atoms with Gasteiger partial charge in [0.2, 0.25) is 0 Å². The minimum Gasteiger partial charge on any atom is -0.481 e. The van der Waals surface area contributed by atoms with E-state index in [2.05, 4.69) is 45.5 Å². The zero-order chi connectivity index (χ0) is 21.8. The molecule has 1 amide bonds. The number of fused-ring (bicyclic) bond motifs is 3. The zero-order valence-corrected chi connectivity index (χ0v) is 18.3. The van der Waals surface area contributed by atoms with E-state index in [0.717, 1.165) is 32.3 Å². The van der Waals surface area contributed by atoms with Crippen molar-refractivity contribution in [2.45, 2.75) is 12.3 Å². The van der Waals surface area contributed by atoms with Gasteiger partial charge in [0.15, 0.2) is 0 Å². The van der Waals surface area contributed by atoms with E-state index in [9.17, 15) is 14.7 Å². The van der Waals surface area contributed by atoms with E-state index in [1.165, 1.54) is 0 Å². The third kappa shape index (κ3) is 4.64. The molecule has 0 saturated carbocycles. The topological polar surface area (TPSA) is 75.6 Å².